The molecule has 2 heterocycles. The zero-order valence-corrected chi connectivity index (χ0v) is 15.3. The van der Waals surface area contributed by atoms with Gasteiger partial charge in [-0.25, -0.2) is 4.98 Å². The molecule has 0 radical (unpaired) electrons. The van der Waals surface area contributed by atoms with Crippen molar-refractivity contribution in [2.75, 3.05) is 0 Å². The highest BCUT2D eigenvalue weighted by Gasteiger charge is 2.21. The van der Waals surface area contributed by atoms with Crippen LogP contribution in [0, 0.1) is 5.92 Å². The Morgan fingerprint density at radius 3 is 2.84 bits per heavy atom. The molecule has 1 fully saturated rings. The minimum Gasteiger partial charge on any atom is -0.308 e. The van der Waals surface area contributed by atoms with Gasteiger partial charge >= 0.3 is 0 Å². The first-order valence-corrected chi connectivity index (χ1v) is 9.89. The molecule has 0 bridgehead atoms. The Bertz CT molecular complexity index is 916. The van der Waals surface area contributed by atoms with Gasteiger partial charge in [-0.05, 0) is 24.3 Å². The number of hydrogen-bond donors (Lipinski definition) is 1. The third kappa shape index (κ3) is 3.39. The van der Waals surface area contributed by atoms with Crippen molar-refractivity contribution < 1.29 is 0 Å². The van der Waals surface area contributed by atoms with Crippen molar-refractivity contribution in [1.82, 2.24) is 14.7 Å². The lowest BCUT2D eigenvalue weighted by molar-refractivity contribution is 0.278. The van der Waals surface area contributed by atoms with Gasteiger partial charge < -0.3 is 5.32 Å². The minimum absolute atomic E-state index is 0.00130. The smallest absolute Gasteiger partial charge is 0.259 e. The summed E-state index contributed by atoms with van der Waals surface area (Å²) in [5.41, 5.74) is 2.79. The highest BCUT2D eigenvalue weighted by molar-refractivity contribution is 7.15. The van der Waals surface area contributed by atoms with E-state index in [9.17, 15) is 4.79 Å². The second kappa shape index (κ2) is 7.10. The largest absolute Gasteiger partial charge is 0.308 e. The monoisotopic (exact) mass is 353 g/mol. The third-order valence-electron chi connectivity index (χ3n) is 5.18. The zero-order chi connectivity index (χ0) is 17.2. The van der Waals surface area contributed by atoms with Gasteiger partial charge in [0.05, 0.1) is 11.4 Å². The molecule has 0 spiro atoms. The predicted molar refractivity (Wildman–Crippen MR) is 103 cm³/mol. The first kappa shape index (κ1) is 16.5. The van der Waals surface area contributed by atoms with Gasteiger partial charge in [0.25, 0.3) is 5.56 Å². The lowest BCUT2D eigenvalue weighted by Gasteiger charge is -2.29. The molecule has 0 unspecified atom stereocenters. The first-order chi connectivity index (χ1) is 12.2. The second-order valence-corrected chi connectivity index (χ2v) is 7.78. The first-order valence-electron chi connectivity index (χ1n) is 9.01. The fraction of sp³-hybridized carbons (Fsp3) is 0.400. The molecule has 2 atom stereocenters. The Labute approximate surface area is 151 Å². The summed E-state index contributed by atoms with van der Waals surface area (Å²) in [6.07, 6.45) is 5.14. The van der Waals surface area contributed by atoms with E-state index in [1.807, 2.05) is 35.7 Å². The van der Waals surface area contributed by atoms with Crippen molar-refractivity contribution in [2.45, 2.75) is 45.2 Å². The number of aromatic nitrogens is 2. The summed E-state index contributed by atoms with van der Waals surface area (Å²) in [6, 6.07) is 12.2. The van der Waals surface area contributed by atoms with E-state index in [1.54, 1.807) is 10.5 Å². The van der Waals surface area contributed by atoms with Crippen LogP contribution in [0.15, 0.2) is 46.6 Å². The number of benzene rings is 1. The van der Waals surface area contributed by atoms with E-state index in [0.29, 0.717) is 18.5 Å². The van der Waals surface area contributed by atoms with Crippen LogP contribution >= 0.6 is 11.3 Å². The van der Waals surface area contributed by atoms with Gasteiger partial charge in [-0.1, -0.05) is 50.1 Å². The molecule has 5 heteroatoms. The molecule has 3 aromatic rings. The summed E-state index contributed by atoms with van der Waals surface area (Å²) in [6.45, 7) is 2.98. The number of thiazole rings is 1. The number of nitrogens with zero attached hydrogens (tertiary/aromatic N) is 2. The maximum Gasteiger partial charge on any atom is 0.259 e. The van der Waals surface area contributed by atoms with Gasteiger partial charge in [-0.15, -0.1) is 11.3 Å². The van der Waals surface area contributed by atoms with E-state index in [-0.39, 0.29) is 5.56 Å². The van der Waals surface area contributed by atoms with E-state index in [2.05, 4.69) is 12.2 Å². The fourth-order valence-corrected chi connectivity index (χ4v) is 4.64. The van der Waals surface area contributed by atoms with Crippen molar-refractivity contribution in [2.24, 2.45) is 5.92 Å². The van der Waals surface area contributed by atoms with Crippen LogP contribution in [0.5, 0.6) is 0 Å². The summed E-state index contributed by atoms with van der Waals surface area (Å²) in [7, 11) is 0. The molecular formula is C20H23N3OS. The molecule has 1 N–H and O–H groups in total. The summed E-state index contributed by atoms with van der Waals surface area (Å²) in [5, 5.41) is 5.63. The molecule has 1 aromatic carbocycles. The SMILES string of the molecule is C[C@H]1CCCC[C@H]1NCc1cc(=O)n2c(-c3ccccc3)csc2n1. The lowest BCUT2D eigenvalue weighted by atomic mass is 9.86. The van der Waals surface area contributed by atoms with Crippen molar-refractivity contribution >= 4 is 16.3 Å². The number of fused-ring (bicyclic) bond motifs is 1. The zero-order valence-electron chi connectivity index (χ0n) is 14.4. The normalized spacial score (nSPS) is 20.8. The third-order valence-corrected chi connectivity index (χ3v) is 6.01. The molecule has 1 aliphatic rings. The summed E-state index contributed by atoms with van der Waals surface area (Å²) in [5.74, 6) is 0.699. The van der Waals surface area contributed by atoms with Gasteiger partial charge in [0.1, 0.15) is 0 Å². The molecule has 0 saturated heterocycles. The summed E-state index contributed by atoms with van der Waals surface area (Å²) in [4.78, 5) is 18.1. The molecule has 25 heavy (non-hydrogen) atoms. The van der Waals surface area contributed by atoms with Gasteiger partial charge in [-0.3, -0.25) is 9.20 Å². The van der Waals surface area contributed by atoms with Crippen LogP contribution in [-0.4, -0.2) is 15.4 Å². The van der Waals surface area contributed by atoms with E-state index >= 15 is 0 Å². The Hall–Kier alpha value is -1.98. The summed E-state index contributed by atoms with van der Waals surface area (Å²) < 4.78 is 1.72. The molecule has 0 amide bonds. The van der Waals surface area contributed by atoms with E-state index in [1.165, 1.54) is 37.0 Å². The fourth-order valence-electron chi connectivity index (χ4n) is 3.72. The van der Waals surface area contributed by atoms with Gasteiger partial charge in [0, 0.05) is 24.0 Å². The van der Waals surface area contributed by atoms with Crippen molar-refractivity contribution in [3.05, 3.63) is 57.8 Å². The maximum atomic E-state index is 12.7. The van der Waals surface area contributed by atoms with Crippen LogP contribution in [0.4, 0.5) is 0 Å². The Morgan fingerprint density at radius 2 is 2.04 bits per heavy atom. The molecule has 1 aliphatic carbocycles. The van der Waals surface area contributed by atoms with E-state index < -0.39 is 0 Å². The van der Waals surface area contributed by atoms with Crippen LogP contribution in [-0.2, 0) is 6.54 Å². The molecular weight excluding hydrogens is 330 g/mol. The van der Waals surface area contributed by atoms with Crippen LogP contribution in [0.25, 0.3) is 16.2 Å². The molecule has 4 nitrogen and oxygen atoms in total. The average Bonchev–Trinajstić information content (AvgIpc) is 3.06. The van der Waals surface area contributed by atoms with E-state index in [0.717, 1.165) is 21.9 Å². The van der Waals surface area contributed by atoms with Crippen LogP contribution < -0.4 is 10.9 Å². The Balaban J connectivity index is 1.59. The average molecular weight is 353 g/mol. The predicted octanol–water partition coefficient (Wildman–Crippen LogP) is 4.09. The van der Waals surface area contributed by atoms with Crippen LogP contribution in [0.3, 0.4) is 0 Å². The second-order valence-electron chi connectivity index (χ2n) is 6.94. The molecule has 4 rings (SSSR count). The van der Waals surface area contributed by atoms with Crippen molar-refractivity contribution in [1.29, 1.82) is 0 Å². The highest BCUT2D eigenvalue weighted by atomic mass is 32.1. The Kier molecular flexibility index (Phi) is 4.68. The van der Waals surface area contributed by atoms with Gasteiger partial charge in [0.2, 0.25) is 0 Å². The quantitative estimate of drug-likeness (QED) is 0.768. The maximum absolute atomic E-state index is 12.7. The van der Waals surface area contributed by atoms with Crippen molar-refractivity contribution in [3.63, 3.8) is 0 Å². The summed E-state index contributed by atoms with van der Waals surface area (Å²) >= 11 is 1.52. The standard InChI is InChI=1S/C20H23N3OS/c1-14-7-5-6-10-17(14)21-12-16-11-19(24)23-18(13-25-20(23)22-16)15-8-3-2-4-9-15/h2-4,8-9,11,13-14,17,21H,5-7,10,12H2,1H3/t14-,17+/m0/s1. The van der Waals surface area contributed by atoms with Gasteiger partial charge in [0.15, 0.2) is 4.96 Å². The molecule has 130 valence electrons. The van der Waals surface area contributed by atoms with Crippen LogP contribution in [0.2, 0.25) is 0 Å². The molecule has 0 aliphatic heterocycles. The van der Waals surface area contributed by atoms with Crippen LogP contribution in [0.1, 0.15) is 38.3 Å². The highest BCUT2D eigenvalue weighted by Crippen LogP contribution is 2.25. The van der Waals surface area contributed by atoms with E-state index in [4.69, 9.17) is 4.98 Å². The Morgan fingerprint density at radius 1 is 1.24 bits per heavy atom. The molecule has 1 saturated carbocycles. The number of nitrogens with one attached hydrogen (secondary N) is 1. The number of hydrogen-bond acceptors (Lipinski definition) is 4. The molecule has 2 aromatic heterocycles. The van der Waals surface area contributed by atoms with Gasteiger partial charge in [-0.2, -0.15) is 0 Å². The minimum atomic E-state index is -0.00130. The number of rotatable bonds is 4. The topological polar surface area (TPSA) is 46.4 Å². The lowest BCUT2D eigenvalue weighted by Crippen LogP contribution is -2.37. The van der Waals surface area contributed by atoms with Crippen molar-refractivity contribution in [3.8, 4) is 11.3 Å².